The van der Waals surface area contributed by atoms with E-state index in [0.29, 0.717) is 0 Å². The highest BCUT2D eigenvalue weighted by Crippen LogP contribution is 2.45. The monoisotopic (exact) mass is 670 g/mol. The van der Waals surface area contributed by atoms with Gasteiger partial charge in [-0.1, -0.05) is 33.1 Å². The fourth-order valence-electron chi connectivity index (χ4n) is 6.06. The zero-order chi connectivity index (χ0) is 35.2. The quantitative estimate of drug-likeness (QED) is 0.218. The number of nitrogens with zero attached hydrogens (tertiary/aromatic N) is 4. The van der Waals surface area contributed by atoms with E-state index in [9.17, 15) is 29.5 Å². The van der Waals surface area contributed by atoms with E-state index in [-0.39, 0.29) is 54.1 Å². The summed E-state index contributed by atoms with van der Waals surface area (Å²) >= 11 is 0. The molecule has 0 radical (unpaired) electrons. The number of fused-ring (bicyclic) bond motifs is 1. The number of nitrogens with one attached hydrogen (secondary N) is 1. The van der Waals surface area contributed by atoms with Crippen molar-refractivity contribution in [1.82, 2.24) is 14.6 Å². The van der Waals surface area contributed by atoms with Gasteiger partial charge in [-0.3, -0.25) is 19.7 Å². The van der Waals surface area contributed by atoms with Gasteiger partial charge in [0.2, 0.25) is 12.4 Å². The van der Waals surface area contributed by atoms with Crippen LogP contribution in [0.4, 0.5) is 10.6 Å². The highest BCUT2D eigenvalue weighted by atomic mass is 16.7. The van der Waals surface area contributed by atoms with Crippen LogP contribution in [0, 0.1) is 34.5 Å². The summed E-state index contributed by atoms with van der Waals surface area (Å²) in [7, 11) is 0. The lowest BCUT2D eigenvalue weighted by molar-refractivity contribution is -0.161. The Morgan fingerprint density at radius 3 is 2.50 bits per heavy atom. The van der Waals surface area contributed by atoms with Gasteiger partial charge in [0.1, 0.15) is 42.5 Å². The van der Waals surface area contributed by atoms with Gasteiger partial charge in [-0.05, 0) is 57.6 Å². The molecule has 2 aliphatic rings. The SMILES string of the molecule is CC(C)[C@H](N)C(=O)C[C@H]1[C@@H](O)[C@](C#N)(c2ccc3c(NC(=O)OCOC(=O)C(C)(C)C)ncnn23)O[C@@H]1COC(=O)CC1CCCCC1. The largest absolute Gasteiger partial charge is 0.463 e. The molecular formula is C33H46N6O9. The Hall–Kier alpha value is -4.13. The van der Waals surface area contributed by atoms with Crippen LogP contribution < -0.4 is 11.1 Å². The van der Waals surface area contributed by atoms with Crippen molar-refractivity contribution in [3.05, 3.63) is 24.2 Å². The van der Waals surface area contributed by atoms with Crippen molar-refractivity contribution in [3.63, 3.8) is 0 Å². The third-order valence-electron chi connectivity index (χ3n) is 8.96. The van der Waals surface area contributed by atoms with Gasteiger partial charge in [-0.2, -0.15) is 10.4 Å². The van der Waals surface area contributed by atoms with Crippen LogP contribution in [0.15, 0.2) is 18.5 Å². The zero-order valence-corrected chi connectivity index (χ0v) is 28.1. The van der Waals surface area contributed by atoms with Crippen molar-refractivity contribution in [2.45, 2.75) is 103 Å². The molecule has 262 valence electrons. The van der Waals surface area contributed by atoms with Crippen LogP contribution >= 0.6 is 0 Å². The second-order valence-electron chi connectivity index (χ2n) is 13.9. The summed E-state index contributed by atoms with van der Waals surface area (Å²) in [6.07, 6.45) is 2.82. The van der Waals surface area contributed by atoms with Crippen LogP contribution in [0.5, 0.6) is 0 Å². The number of rotatable bonds is 12. The van der Waals surface area contributed by atoms with Gasteiger partial charge in [-0.15, -0.1) is 0 Å². The average molecular weight is 671 g/mol. The molecule has 1 amide bonds. The number of esters is 2. The van der Waals surface area contributed by atoms with E-state index in [0.717, 1.165) is 38.4 Å². The molecule has 4 rings (SSSR count). The van der Waals surface area contributed by atoms with Gasteiger partial charge in [0.05, 0.1) is 17.2 Å². The Labute approximate surface area is 279 Å². The second-order valence-corrected chi connectivity index (χ2v) is 13.9. The van der Waals surface area contributed by atoms with Crippen molar-refractivity contribution < 1.29 is 43.2 Å². The molecule has 4 N–H and O–H groups in total. The zero-order valence-electron chi connectivity index (χ0n) is 28.1. The van der Waals surface area contributed by atoms with Crippen LogP contribution in [-0.2, 0) is 38.9 Å². The van der Waals surface area contributed by atoms with Gasteiger partial charge in [0, 0.05) is 18.8 Å². The van der Waals surface area contributed by atoms with Gasteiger partial charge in [-0.25, -0.2) is 14.3 Å². The number of hydrogen-bond donors (Lipinski definition) is 3. The molecule has 0 aromatic carbocycles. The first-order chi connectivity index (χ1) is 22.7. The van der Waals surface area contributed by atoms with Crippen molar-refractivity contribution in [3.8, 4) is 6.07 Å². The summed E-state index contributed by atoms with van der Waals surface area (Å²) in [6.45, 7) is 7.68. The molecule has 2 fully saturated rings. The second kappa shape index (κ2) is 15.4. The van der Waals surface area contributed by atoms with Crippen LogP contribution in [-0.4, -0.2) is 75.2 Å². The first kappa shape index (κ1) is 36.7. The standard InChI is InChI=1S/C33H46N6O9/c1-19(2)27(35)23(40)14-21-24(15-45-26(41)13-20-9-7-6-8-10-20)48-33(16-34,28(21)42)25-12-11-22-29(36-17-37-39(22)25)38-31(44)47-18-46-30(43)32(3,4)5/h11-12,17,19-21,24,27-28,42H,6-10,13-15,18,35H2,1-5H3,(H,36,37,38,44)/t21-,24-,27+,28-,33+/m1/s1. The molecule has 1 saturated carbocycles. The third-order valence-corrected chi connectivity index (χ3v) is 8.96. The van der Waals surface area contributed by atoms with Crippen LogP contribution in [0.25, 0.3) is 5.52 Å². The third kappa shape index (κ3) is 8.29. The highest BCUT2D eigenvalue weighted by Gasteiger charge is 2.58. The van der Waals surface area contributed by atoms with Crippen molar-refractivity contribution in [1.29, 1.82) is 5.26 Å². The van der Waals surface area contributed by atoms with Crippen LogP contribution in [0.1, 0.15) is 85.3 Å². The molecule has 1 aliphatic carbocycles. The summed E-state index contributed by atoms with van der Waals surface area (Å²) in [5, 5.41) is 29.0. The average Bonchev–Trinajstić information content (AvgIpc) is 3.59. The van der Waals surface area contributed by atoms with E-state index in [1.165, 1.54) is 16.6 Å². The minimum atomic E-state index is -2.05. The molecule has 0 bridgehead atoms. The normalized spacial score (nSPS) is 23.8. The number of anilines is 1. The Morgan fingerprint density at radius 2 is 1.85 bits per heavy atom. The lowest BCUT2D eigenvalue weighted by Gasteiger charge is -2.25. The number of amides is 1. The molecule has 48 heavy (non-hydrogen) atoms. The molecule has 0 spiro atoms. The van der Waals surface area contributed by atoms with Crippen LogP contribution in [0.2, 0.25) is 0 Å². The van der Waals surface area contributed by atoms with E-state index in [4.69, 9.17) is 24.7 Å². The lowest BCUT2D eigenvalue weighted by Crippen LogP contribution is -2.42. The van der Waals surface area contributed by atoms with Crippen molar-refractivity contribution in [2.24, 2.45) is 28.9 Å². The first-order valence-electron chi connectivity index (χ1n) is 16.3. The fourth-order valence-corrected chi connectivity index (χ4v) is 6.06. The number of aromatic nitrogens is 3. The van der Waals surface area contributed by atoms with Gasteiger partial charge in [0.15, 0.2) is 5.82 Å². The number of ether oxygens (including phenoxy) is 4. The number of nitriles is 1. The molecule has 15 heteroatoms. The Balaban J connectivity index is 1.56. The molecule has 2 aromatic heterocycles. The number of ketones is 1. The van der Waals surface area contributed by atoms with E-state index in [1.807, 2.05) is 0 Å². The molecular weight excluding hydrogens is 624 g/mol. The summed E-state index contributed by atoms with van der Waals surface area (Å²) < 4.78 is 23.1. The molecule has 1 aliphatic heterocycles. The maximum Gasteiger partial charge on any atom is 0.415 e. The maximum absolute atomic E-state index is 13.2. The molecule has 0 unspecified atom stereocenters. The van der Waals surface area contributed by atoms with E-state index in [1.54, 1.807) is 34.6 Å². The summed E-state index contributed by atoms with van der Waals surface area (Å²) in [5.74, 6) is -2.17. The van der Waals surface area contributed by atoms with Crippen LogP contribution in [0.3, 0.4) is 0 Å². The molecule has 1 saturated heterocycles. The Bertz CT molecular complexity index is 1520. The minimum Gasteiger partial charge on any atom is -0.463 e. The van der Waals surface area contributed by atoms with Crippen molar-refractivity contribution in [2.75, 3.05) is 18.7 Å². The van der Waals surface area contributed by atoms with Gasteiger partial charge in [0.25, 0.3) is 0 Å². The molecule has 5 atom stereocenters. The number of aliphatic hydroxyl groups excluding tert-OH is 1. The molecule has 2 aromatic rings. The fraction of sp³-hybridized carbons (Fsp3) is 0.667. The Morgan fingerprint density at radius 1 is 1.15 bits per heavy atom. The molecule has 3 heterocycles. The summed E-state index contributed by atoms with van der Waals surface area (Å²) in [4.78, 5) is 54.5. The topological polar surface area (TPSA) is 217 Å². The number of carbonyl (C=O) groups is 4. The number of hydrogen-bond acceptors (Lipinski definition) is 13. The maximum atomic E-state index is 13.2. The first-order valence-corrected chi connectivity index (χ1v) is 16.3. The number of aliphatic hydroxyl groups is 1. The van der Waals surface area contributed by atoms with Gasteiger partial charge >= 0.3 is 18.0 Å². The number of nitrogens with two attached hydrogens (primary N) is 1. The van der Waals surface area contributed by atoms with E-state index < -0.39 is 60.0 Å². The summed E-state index contributed by atoms with van der Waals surface area (Å²) in [5.41, 5.74) is 3.61. The van der Waals surface area contributed by atoms with Gasteiger partial charge < -0.3 is 29.8 Å². The molecule has 15 nitrogen and oxygen atoms in total. The number of carbonyl (C=O) groups excluding carboxylic acids is 4. The smallest absolute Gasteiger partial charge is 0.415 e. The minimum absolute atomic E-state index is 0.00759. The highest BCUT2D eigenvalue weighted by molar-refractivity contribution is 5.89. The van der Waals surface area contributed by atoms with E-state index in [2.05, 4.69) is 21.5 Å². The van der Waals surface area contributed by atoms with Crippen molar-refractivity contribution >= 4 is 35.1 Å². The predicted octanol–water partition coefficient (Wildman–Crippen LogP) is 3.38. The van der Waals surface area contributed by atoms with E-state index >= 15 is 0 Å². The Kier molecular flexibility index (Phi) is 11.8. The lowest BCUT2D eigenvalue weighted by atomic mass is 9.82. The summed E-state index contributed by atoms with van der Waals surface area (Å²) in [6, 6.07) is 4.25. The number of Topliss-reactive ketones (excluding diaryl/α,β-unsaturated/α-hetero) is 1. The predicted molar refractivity (Wildman–Crippen MR) is 170 cm³/mol.